The quantitative estimate of drug-likeness (QED) is 0.503. The zero-order chi connectivity index (χ0) is 22.4. The molecule has 2 N–H and O–H groups in total. The molecule has 8 heteroatoms. The van der Waals surface area contributed by atoms with Gasteiger partial charge in [0.15, 0.2) is 0 Å². The first-order valence-electron chi connectivity index (χ1n) is 11.2. The molecular formula is C25H25N5O3. The van der Waals surface area contributed by atoms with E-state index in [4.69, 9.17) is 9.47 Å². The number of aromatic nitrogens is 4. The van der Waals surface area contributed by atoms with Gasteiger partial charge in [0.05, 0.1) is 31.0 Å². The van der Waals surface area contributed by atoms with E-state index in [0.717, 1.165) is 46.2 Å². The average molecular weight is 444 g/mol. The number of ether oxygens (including phenoxy) is 2. The number of amides is 1. The van der Waals surface area contributed by atoms with Gasteiger partial charge in [-0.15, -0.1) is 0 Å². The molecule has 8 nitrogen and oxygen atoms in total. The number of fused-ring (bicyclic) bond motifs is 2. The van der Waals surface area contributed by atoms with Crippen molar-refractivity contribution >= 4 is 16.8 Å². The highest BCUT2D eigenvalue weighted by Gasteiger charge is 2.43. The van der Waals surface area contributed by atoms with Gasteiger partial charge in [0, 0.05) is 43.5 Å². The minimum atomic E-state index is -0.327. The fraction of sp³-hybridized carbons (Fsp3) is 0.320. The number of aryl methyl sites for hydroxylation is 1. The van der Waals surface area contributed by atoms with Crippen molar-refractivity contribution in [2.75, 3.05) is 13.2 Å². The monoisotopic (exact) mass is 443 g/mol. The Labute approximate surface area is 190 Å². The number of carbonyl (C=O) groups excluding carboxylic acids is 1. The molecule has 1 unspecified atom stereocenters. The Bertz CT molecular complexity index is 1330. The third-order valence-corrected chi connectivity index (χ3v) is 6.83. The Morgan fingerprint density at radius 1 is 1.15 bits per heavy atom. The van der Waals surface area contributed by atoms with Crippen LogP contribution in [0.1, 0.15) is 41.4 Å². The molecule has 2 aromatic heterocycles. The predicted molar refractivity (Wildman–Crippen MR) is 123 cm³/mol. The van der Waals surface area contributed by atoms with Crippen molar-refractivity contribution < 1.29 is 14.3 Å². The lowest BCUT2D eigenvalue weighted by molar-refractivity contribution is -0.0639. The van der Waals surface area contributed by atoms with Crippen LogP contribution in [0.15, 0.2) is 54.9 Å². The Kier molecular flexibility index (Phi) is 4.69. The van der Waals surface area contributed by atoms with Crippen LogP contribution in [-0.4, -0.2) is 44.7 Å². The first-order chi connectivity index (χ1) is 16.1. The number of benzene rings is 2. The largest absolute Gasteiger partial charge is 0.487 e. The van der Waals surface area contributed by atoms with E-state index in [1.165, 1.54) is 0 Å². The lowest BCUT2D eigenvalue weighted by Crippen LogP contribution is -2.48. The number of carbonyl (C=O) groups is 1. The molecule has 2 aliphatic rings. The van der Waals surface area contributed by atoms with Crippen LogP contribution in [0.3, 0.4) is 0 Å². The summed E-state index contributed by atoms with van der Waals surface area (Å²) in [5.41, 5.74) is 4.33. The van der Waals surface area contributed by atoms with E-state index in [-0.39, 0.29) is 17.6 Å². The van der Waals surface area contributed by atoms with Gasteiger partial charge in [0.25, 0.3) is 5.91 Å². The Balaban J connectivity index is 1.39. The molecule has 1 atom stereocenters. The summed E-state index contributed by atoms with van der Waals surface area (Å²) in [6.07, 6.45) is 5.77. The molecule has 0 aliphatic carbocycles. The number of rotatable bonds is 3. The van der Waals surface area contributed by atoms with E-state index in [0.29, 0.717) is 25.3 Å². The van der Waals surface area contributed by atoms with Gasteiger partial charge in [-0.3, -0.25) is 14.6 Å². The molecule has 0 saturated carbocycles. The lowest BCUT2D eigenvalue weighted by Gasteiger charge is -2.44. The van der Waals surface area contributed by atoms with Crippen molar-refractivity contribution in [3.63, 3.8) is 0 Å². The second kappa shape index (κ2) is 7.74. The van der Waals surface area contributed by atoms with E-state index < -0.39 is 0 Å². The van der Waals surface area contributed by atoms with Crippen LogP contribution in [0.25, 0.3) is 22.0 Å². The molecule has 1 fully saturated rings. The standard InChI is InChI=1S/C25H25N5O3/c1-30-22(6-9-27-30)24(31)28-21-14-25(7-10-32-11-8-25)33-23-5-4-16(12-19(21)23)17-2-3-18-15-26-29-20(18)13-17/h2-6,9,12-13,15,21H,7-8,10-11,14H2,1H3,(H,26,29)(H,28,31). The van der Waals surface area contributed by atoms with E-state index in [1.54, 1.807) is 24.0 Å². The smallest absolute Gasteiger partial charge is 0.270 e. The predicted octanol–water partition coefficient (Wildman–Crippen LogP) is 3.77. The highest BCUT2D eigenvalue weighted by atomic mass is 16.5. The molecule has 1 spiro atoms. The average Bonchev–Trinajstić information content (AvgIpc) is 3.47. The van der Waals surface area contributed by atoms with Crippen molar-refractivity contribution in [2.45, 2.75) is 30.9 Å². The minimum Gasteiger partial charge on any atom is -0.487 e. The molecule has 1 saturated heterocycles. The number of nitrogens with one attached hydrogen (secondary N) is 2. The van der Waals surface area contributed by atoms with Crippen molar-refractivity contribution in [3.8, 4) is 16.9 Å². The van der Waals surface area contributed by atoms with Crippen LogP contribution in [0.5, 0.6) is 5.75 Å². The van der Waals surface area contributed by atoms with Crippen LogP contribution >= 0.6 is 0 Å². The molecule has 1 amide bonds. The number of H-pyrrole nitrogens is 1. The van der Waals surface area contributed by atoms with Gasteiger partial charge in [-0.1, -0.05) is 18.2 Å². The van der Waals surface area contributed by atoms with Crippen LogP contribution in [0.4, 0.5) is 0 Å². The van der Waals surface area contributed by atoms with Crippen molar-refractivity contribution in [3.05, 3.63) is 66.1 Å². The molecule has 6 rings (SSSR count). The molecule has 2 aliphatic heterocycles. The fourth-order valence-electron chi connectivity index (χ4n) is 4.97. The third kappa shape index (κ3) is 3.56. The number of aromatic amines is 1. The van der Waals surface area contributed by atoms with Gasteiger partial charge in [0.2, 0.25) is 0 Å². The number of hydrogen-bond donors (Lipinski definition) is 2. The van der Waals surface area contributed by atoms with Gasteiger partial charge in [-0.2, -0.15) is 10.2 Å². The van der Waals surface area contributed by atoms with Crippen molar-refractivity contribution in [1.82, 2.24) is 25.3 Å². The topological polar surface area (TPSA) is 94.1 Å². The Morgan fingerprint density at radius 3 is 2.79 bits per heavy atom. The van der Waals surface area contributed by atoms with Gasteiger partial charge >= 0.3 is 0 Å². The first-order valence-corrected chi connectivity index (χ1v) is 11.2. The molecule has 4 aromatic rings. The maximum Gasteiger partial charge on any atom is 0.270 e. The highest BCUT2D eigenvalue weighted by molar-refractivity contribution is 5.93. The van der Waals surface area contributed by atoms with Gasteiger partial charge in [-0.25, -0.2) is 0 Å². The van der Waals surface area contributed by atoms with E-state index in [2.05, 4.69) is 50.9 Å². The third-order valence-electron chi connectivity index (χ3n) is 6.83. The normalized spacial score (nSPS) is 19.2. The summed E-state index contributed by atoms with van der Waals surface area (Å²) < 4.78 is 13.8. The van der Waals surface area contributed by atoms with Crippen molar-refractivity contribution in [1.29, 1.82) is 0 Å². The van der Waals surface area contributed by atoms with E-state index >= 15 is 0 Å². The number of hydrogen-bond acceptors (Lipinski definition) is 5. The molecule has 0 radical (unpaired) electrons. The maximum atomic E-state index is 13.1. The second-order valence-electron chi connectivity index (χ2n) is 8.89. The maximum absolute atomic E-state index is 13.1. The van der Waals surface area contributed by atoms with E-state index in [9.17, 15) is 4.79 Å². The highest BCUT2D eigenvalue weighted by Crippen LogP contribution is 2.45. The summed E-state index contributed by atoms with van der Waals surface area (Å²) >= 11 is 0. The summed E-state index contributed by atoms with van der Waals surface area (Å²) in [5.74, 6) is 0.684. The second-order valence-corrected chi connectivity index (χ2v) is 8.89. The summed E-state index contributed by atoms with van der Waals surface area (Å²) in [6, 6.07) is 14.0. The van der Waals surface area contributed by atoms with Crippen LogP contribution < -0.4 is 10.1 Å². The minimum absolute atomic E-state index is 0.139. The molecule has 4 heterocycles. The van der Waals surface area contributed by atoms with E-state index in [1.807, 2.05) is 12.3 Å². The SMILES string of the molecule is Cn1nccc1C(=O)NC1CC2(CCOCC2)Oc2ccc(-c3ccc4cn[nH]c4c3)cc21. The molecule has 33 heavy (non-hydrogen) atoms. The van der Waals surface area contributed by atoms with Crippen LogP contribution in [-0.2, 0) is 11.8 Å². The zero-order valence-corrected chi connectivity index (χ0v) is 18.4. The molecule has 0 bridgehead atoms. The fourth-order valence-corrected chi connectivity index (χ4v) is 4.97. The molecule has 168 valence electrons. The Hall–Kier alpha value is -3.65. The summed E-state index contributed by atoms with van der Waals surface area (Å²) in [4.78, 5) is 13.1. The first kappa shape index (κ1) is 20.0. The zero-order valence-electron chi connectivity index (χ0n) is 18.4. The van der Waals surface area contributed by atoms with Crippen LogP contribution in [0.2, 0.25) is 0 Å². The number of nitrogens with zero attached hydrogens (tertiary/aromatic N) is 3. The Morgan fingerprint density at radius 2 is 1.97 bits per heavy atom. The summed E-state index contributed by atoms with van der Waals surface area (Å²) in [5, 5.41) is 15.6. The molecular weight excluding hydrogens is 418 g/mol. The lowest BCUT2D eigenvalue weighted by atomic mass is 9.81. The van der Waals surface area contributed by atoms with Gasteiger partial charge in [0.1, 0.15) is 17.0 Å². The van der Waals surface area contributed by atoms with Gasteiger partial charge < -0.3 is 14.8 Å². The van der Waals surface area contributed by atoms with Crippen molar-refractivity contribution in [2.24, 2.45) is 7.05 Å². The summed E-state index contributed by atoms with van der Waals surface area (Å²) in [7, 11) is 1.77. The van der Waals surface area contributed by atoms with Crippen LogP contribution in [0, 0.1) is 0 Å². The summed E-state index contributed by atoms with van der Waals surface area (Å²) in [6.45, 7) is 1.33. The molecule has 2 aromatic carbocycles. The van der Waals surface area contributed by atoms with Gasteiger partial charge in [-0.05, 0) is 35.4 Å².